The lowest BCUT2D eigenvalue weighted by Crippen LogP contribution is -2.46. The second-order valence-corrected chi connectivity index (χ2v) is 4.78. The summed E-state index contributed by atoms with van der Waals surface area (Å²) >= 11 is 0. The molecule has 2 rings (SSSR count). The molecule has 0 saturated carbocycles. The topological polar surface area (TPSA) is 41.1 Å². The molecule has 1 aliphatic rings. The Morgan fingerprint density at radius 1 is 1.53 bits per heavy atom. The van der Waals surface area contributed by atoms with Gasteiger partial charge in [-0.2, -0.15) is 0 Å². The van der Waals surface area contributed by atoms with Crippen LogP contribution < -0.4 is 10.6 Å². The fourth-order valence-corrected chi connectivity index (χ4v) is 2.26. The SMILES string of the molecule is Cc1cccc(CC(=O)N[C@H]2CCCNC2)c1. The van der Waals surface area contributed by atoms with E-state index in [2.05, 4.69) is 16.7 Å². The van der Waals surface area contributed by atoms with E-state index in [1.165, 1.54) is 5.56 Å². The first-order valence-electron chi connectivity index (χ1n) is 6.29. The Balaban J connectivity index is 1.84. The molecule has 1 fully saturated rings. The first kappa shape index (κ1) is 12.1. The molecule has 0 aliphatic carbocycles. The number of nitrogens with one attached hydrogen (secondary N) is 2. The first-order chi connectivity index (χ1) is 8.24. The second-order valence-electron chi connectivity index (χ2n) is 4.78. The van der Waals surface area contributed by atoms with Crippen molar-refractivity contribution in [1.82, 2.24) is 10.6 Å². The van der Waals surface area contributed by atoms with Crippen LogP contribution in [0.25, 0.3) is 0 Å². The minimum absolute atomic E-state index is 0.129. The Bertz CT molecular complexity index is 384. The lowest BCUT2D eigenvalue weighted by molar-refractivity contribution is -0.121. The maximum atomic E-state index is 11.9. The van der Waals surface area contributed by atoms with E-state index < -0.39 is 0 Å². The normalized spacial score (nSPS) is 19.9. The number of amides is 1. The summed E-state index contributed by atoms with van der Waals surface area (Å²) in [5, 5.41) is 6.38. The van der Waals surface area contributed by atoms with Gasteiger partial charge in [0.15, 0.2) is 0 Å². The van der Waals surface area contributed by atoms with Gasteiger partial charge in [0.05, 0.1) is 6.42 Å². The number of rotatable bonds is 3. The van der Waals surface area contributed by atoms with Gasteiger partial charge in [-0.1, -0.05) is 29.8 Å². The third-order valence-corrected chi connectivity index (χ3v) is 3.11. The van der Waals surface area contributed by atoms with Crippen molar-refractivity contribution in [2.24, 2.45) is 0 Å². The molecule has 0 unspecified atom stereocenters. The van der Waals surface area contributed by atoms with Gasteiger partial charge in [0.2, 0.25) is 5.91 Å². The van der Waals surface area contributed by atoms with E-state index in [1.807, 2.05) is 25.1 Å². The second kappa shape index (κ2) is 5.82. The molecule has 1 saturated heterocycles. The molecule has 17 heavy (non-hydrogen) atoms. The first-order valence-corrected chi connectivity index (χ1v) is 6.29. The molecular weight excluding hydrogens is 212 g/mol. The van der Waals surface area contributed by atoms with Gasteiger partial charge in [-0.3, -0.25) is 4.79 Å². The average molecular weight is 232 g/mol. The molecule has 1 atom stereocenters. The minimum atomic E-state index is 0.129. The maximum absolute atomic E-state index is 11.9. The van der Waals surface area contributed by atoms with Crippen molar-refractivity contribution < 1.29 is 4.79 Å². The summed E-state index contributed by atoms with van der Waals surface area (Å²) in [4.78, 5) is 11.9. The van der Waals surface area contributed by atoms with Gasteiger partial charge in [-0.15, -0.1) is 0 Å². The van der Waals surface area contributed by atoms with Crippen LogP contribution in [0.5, 0.6) is 0 Å². The number of benzene rings is 1. The van der Waals surface area contributed by atoms with Crippen LogP contribution in [0.3, 0.4) is 0 Å². The van der Waals surface area contributed by atoms with Gasteiger partial charge in [-0.05, 0) is 31.9 Å². The van der Waals surface area contributed by atoms with Crippen LogP contribution in [0.4, 0.5) is 0 Å². The molecule has 0 radical (unpaired) electrons. The monoisotopic (exact) mass is 232 g/mol. The highest BCUT2D eigenvalue weighted by molar-refractivity contribution is 5.78. The maximum Gasteiger partial charge on any atom is 0.224 e. The van der Waals surface area contributed by atoms with Crippen molar-refractivity contribution in [1.29, 1.82) is 0 Å². The zero-order valence-electron chi connectivity index (χ0n) is 10.3. The fraction of sp³-hybridized carbons (Fsp3) is 0.500. The molecule has 1 aliphatic heterocycles. The molecular formula is C14H20N2O. The van der Waals surface area contributed by atoms with Crippen LogP contribution in [-0.2, 0) is 11.2 Å². The third-order valence-electron chi connectivity index (χ3n) is 3.11. The lowest BCUT2D eigenvalue weighted by Gasteiger charge is -2.23. The predicted octanol–water partition coefficient (Wildman–Crippen LogP) is 1.41. The van der Waals surface area contributed by atoms with E-state index in [0.29, 0.717) is 12.5 Å². The van der Waals surface area contributed by atoms with E-state index in [0.717, 1.165) is 31.5 Å². The molecule has 3 nitrogen and oxygen atoms in total. The summed E-state index contributed by atoms with van der Waals surface area (Å²) in [6.07, 6.45) is 2.72. The summed E-state index contributed by atoms with van der Waals surface area (Å²) in [6.45, 7) is 4.02. The molecule has 0 aromatic heterocycles. The summed E-state index contributed by atoms with van der Waals surface area (Å²) in [5.74, 6) is 0.129. The van der Waals surface area contributed by atoms with Gasteiger partial charge in [-0.25, -0.2) is 0 Å². The van der Waals surface area contributed by atoms with Gasteiger partial charge in [0, 0.05) is 12.6 Å². The van der Waals surface area contributed by atoms with E-state index in [4.69, 9.17) is 0 Å². The van der Waals surface area contributed by atoms with Crippen LogP contribution in [0.1, 0.15) is 24.0 Å². The van der Waals surface area contributed by atoms with Gasteiger partial charge >= 0.3 is 0 Å². The largest absolute Gasteiger partial charge is 0.352 e. The Morgan fingerprint density at radius 3 is 3.12 bits per heavy atom. The molecule has 92 valence electrons. The van der Waals surface area contributed by atoms with E-state index in [9.17, 15) is 4.79 Å². The molecule has 1 heterocycles. The number of carbonyl (C=O) groups excluding carboxylic acids is 1. The molecule has 1 aromatic carbocycles. The smallest absolute Gasteiger partial charge is 0.224 e. The van der Waals surface area contributed by atoms with Crippen LogP contribution in [0.2, 0.25) is 0 Å². The van der Waals surface area contributed by atoms with Gasteiger partial charge in [0.25, 0.3) is 0 Å². The van der Waals surface area contributed by atoms with Crippen LogP contribution >= 0.6 is 0 Å². The summed E-state index contributed by atoms with van der Waals surface area (Å²) in [7, 11) is 0. The average Bonchev–Trinajstić information content (AvgIpc) is 2.30. The quantitative estimate of drug-likeness (QED) is 0.827. The van der Waals surface area contributed by atoms with Crippen LogP contribution in [0.15, 0.2) is 24.3 Å². The number of aryl methyl sites for hydroxylation is 1. The number of hydrogen-bond donors (Lipinski definition) is 2. The van der Waals surface area contributed by atoms with E-state index in [-0.39, 0.29) is 5.91 Å². The predicted molar refractivity (Wildman–Crippen MR) is 68.9 cm³/mol. The highest BCUT2D eigenvalue weighted by Gasteiger charge is 2.15. The van der Waals surface area contributed by atoms with Crippen molar-refractivity contribution in [3.63, 3.8) is 0 Å². The lowest BCUT2D eigenvalue weighted by atomic mass is 10.1. The fourth-order valence-electron chi connectivity index (χ4n) is 2.26. The summed E-state index contributed by atoms with van der Waals surface area (Å²) in [6, 6.07) is 8.43. The zero-order valence-corrected chi connectivity index (χ0v) is 10.3. The summed E-state index contributed by atoms with van der Waals surface area (Å²) < 4.78 is 0. The Labute approximate surface area is 103 Å². The number of carbonyl (C=O) groups is 1. The van der Waals surface area contributed by atoms with Crippen molar-refractivity contribution in [2.75, 3.05) is 13.1 Å². The van der Waals surface area contributed by atoms with Crippen molar-refractivity contribution in [3.8, 4) is 0 Å². The highest BCUT2D eigenvalue weighted by Crippen LogP contribution is 2.06. The molecule has 1 aromatic rings. The molecule has 0 spiro atoms. The number of piperidine rings is 1. The Hall–Kier alpha value is -1.35. The van der Waals surface area contributed by atoms with E-state index in [1.54, 1.807) is 0 Å². The molecule has 0 bridgehead atoms. The minimum Gasteiger partial charge on any atom is -0.352 e. The third kappa shape index (κ3) is 3.86. The van der Waals surface area contributed by atoms with Gasteiger partial charge in [0.1, 0.15) is 0 Å². The van der Waals surface area contributed by atoms with Crippen molar-refractivity contribution >= 4 is 5.91 Å². The molecule has 2 N–H and O–H groups in total. The highest BCUT2D eigenvalue weighted by atomic mass is 16.1. The Morgan fingerprint density at radius 2 is 2.41 bits per heavy atom. The Kier molecular flexibility index (Phi) is 4.15. The van der Waals surface area contributed by atoms with Crippen molar-refractivity contribution in [3.05, 3.63) is 35.4 Å². The van der Waals surface area contributed by atoms with Gasteiger partial charge < -0.3 is 10.6 Å². The zero-order chi connectivity index (χ0) is 12.1. The molecule has 1 amide bonds. The standard InChI is InChI=1S/C14H20N2O/c1-11-4-2-5-12(8-11)9-14(17)16-13-6-3-7-15-10-13/h2,4-5,8,13,15H,3,6-7,9-10H2,1H3,(H,16,17)/t13-/m0/s1. The van der Waals surface area contributed by atoms with Crippen LogP contribution in [0, 0.1) is 6.92 Å². The van der Waals surface area contributed by atoms with E-state index >= 15 is 0 Å². The number of hydrogen-bond acceptors (Lipinski definition) is 2. The van der Waals surface area contributed by atoms with Crippen LogP contribution in [-0.4, -0.2) is 25.0 Å². The molecule has 3 heteroatoms. The van der Waals surface area contributed by atoms with Crippen molar-refractivity contribution in [2.45, 2.75) is 32.2 Å². The summed E-state index contributed by atoms with van der Waals surface area (Å²) in [5.41, 5.74) is 2.29.